The van der Waals surface area contributed by atoms with Crippen molar-refractivity contribution < 1.29 is 9.47 Å². The van der Waals surface area contributed by atoms with Crippen LogP contribution in [0, 0.1) is 0 Å². The summed E-state index contributed by atoms with van der Waals surface area (Å²) in [5.74, 6) is 2.94. The molecule has 2 heterocycles. The molecular weight excluding hydrogens is 302 g/mol. The minimum Gasteiger partial charge on any atom is -0.497 e. The molecule has 1 atom stereocenters. The molecule has 0 aliphatic carbocycles. The van der Waals surface area contributed by atoms with Crippen molar-refractivity contribution in [3.63, 3.8) is 0 Å². The van der Waals surface area contributed by atoms with Crippen LogP contribution in [0.15, 0.2) is 36.7 Å². The minimum absolute atomic E-state index is 0.539. The predicted molar refractivity (Wildman–Crippen MR) is 94.8 cm³/mol. The summed E-state index contributed by atoms with van der Waals surface area (Å²) in [6.45, 7) is 6.07. The second-order valence-electron chi connectivity index (χ2n) is 6.22. The van der Waals surface area contributed by atoms with Crippen LogP contribution in [0.25, 0.3) is 0 Å². The van der Waals surface area contributed by atoms with Crippen LogP contribution < -0.4 is 9.47 Å². The third kappa shape index (κ3) is 4.09. The summed E-state index contributed by atoms with van der Waals surface area (Å²) in [5, 5.41) is 0. The number of likely N-dealkylation sites (tertiary alicyclic amines) is 1. The second kappa shape index (κ2) is 8.20. The van der Waals surface area contributed by atoms with Gasteiger partial charge in [-0.1, -0.05) is 6.92 Å². The average Bonchev–Trinajstić information content (AvgIpc) is 3.11. The molecule has 1 aromatic carbocycles. The molecule has 5 nitrogen and oxygen atoms in total. The first-order valence-electron chi connectivity index (χ1n) is 8.81. The molecule has 1 aliphatic rings. The lowest BCUT2D eigenvalue weighted by atomic mass is 10.1. The molecule has 5 heteroatoms. The maximum Gasteiger partial charge on any atom is 0.119 e. The largest absolute Gasteiger partial charge is 0.497 e. The molecule has 1 fully saturated rings. The van der Waals surface area contributed by atoms with Gasteiger partial charge in [-0.25, -0.2) is 4.98 Å². The molecule has 0 radical (unpaired) electrons. The highest BCUT2D eigenvalue weighted by molar-refractivity contribution is 5.31. The standard InChI is InChI=1S/C19H27N3O2/c1-3-19-20-10-12-22(19)16-5-4-11-21(15-16)13-14-24-18-8-6-17(23-2)7-9-18/h6-10,12,16H,3-5,11,13-15H2,1-2H3. The van der Waals surface area contributed by atoms with E-state index in [1.54, 1.807) is 7.11 Å². The van der Waals surface area contributed by atoms with Gasteiger partial charge in [0.1, 0.15) is 23.9 Å². The van der Waals surface area contributed by atoms with E-state index in [0.29, 0.717) is 12.6 Å². The number of methoxy groups -OCH3 is 1. The first-order valence-corrected chi connectivity index (χ1v) is 8.81. The van der Waals surface area contributed by atoms with Crippen molar-refractivity contribution in [1.29, 1.82) is 0 Å². The number of imidazole rings is 1. The van der Waals surface area contributed by atoms with Gasteiger partial charge in [0, 0.05) is 37.9 Å². The summed E-state index contributed by atoms with van der Waals surface area (Å²) in [4.78, 5) is 6.96. The molecule has 1 saturated heterocycles. The Labute approximate surface area is 144 Å². The van der Waals surface area contributed by atoms with Crippen molar-refractivity contribution in [3.8, 4) is 11.5 Å². The first-order chi connectivity index (χ1) is 11.8. The number of piperidine rings is 1. The molecule has 1 unspecified atom stereocenters. The fourth-order valence-corrected chi connectivity index (χ4v) is 3.38. The molecule has 0 N–H and O–H groups in total. The molecular formula is C19H27N3O2. The van der Waals surface area contributed by atoms with Crippen molar-refractivity contribution in [2.45, 2.75) is 32.2 Å². The fraction of sp³-hybridized carbons (Fsp3) is 0.526. The third-order valence-electron chi connectivity index (χ3n) is 4.67. The Morgan fingerprint density at radius 3 is 2.75 bits per heavy atom. The molecule has 0 amide bonds. The van der Waals surface area contributed by atoms with E-state index in [4.69, 9.17) is 9.47 Å². The van der Waals surface area contributed by atoms with Gasteiger partial charge in [0.2, 0.25) is 0 Å². The van der Waals surface area contributed by atoms with E-state index in [9.17, 15) is 0 Å². The van der Waals surface area contributed by atoms with Gasteiger partial charge < -0.3 is 14.0 Å². The topological polar surface area (TPSA) is 39.5 Å². The number of benzene rings is 1. The number of ether oxygens (including phenoxy) is 2. The zero-order valence-electron chi connectivity index (χ0n) is 14.6. The van der Waals surface area contributed by atoms with Crippen LogP contribution in [0.2, 0.25) is 0 Å². The molecule has 24 heavy (non-hydrogen) atoms. The van der Waals surface area contributed by atoms with Crippen LogP contribution in [0.3, 0.4) is 0 Å². The number of rotatable bonds is 7. The zero-order chi connectivity index (χ0) is 16.8. The quantitative estimate of drug-likeness (QED) is 0.782. The van der Waals surface area contributed by atoms with E-state index >= 15 is 0 Å². The lowest BCUT2D eigenvalue weighted by Gasteiger charge is -2.34. The molecule has 1 aliphatic heterocycles. The SMILES string of the molecule is CCc1nccn1C1CCCN(CCOc2ccc(OC)cc2)C1. The van der Waals surface area contributed by atoms with Crippen molar-refractivity contribution in [2.24, 2.45) is 0 Å². The van der Waals surface area contributed by atoms with E-state index in [-0.39, 0.29) is 0 Å². The van der Waals surface area contributed by atoms with Gasteiger partial charge >= 0.3 is 0 Å². The highest BCUT2D eigenvalue weighted by Crippen LogP contribution is 2.23. The van der Waals surface area contributed by atoms with Crippen molar-refractivity contribution in [3.05, 3.63) is 42.5 Å². The van der Waals surface area contributed by atoms with E-state index in [0.717, 1.165) is 37.6 Å². The van der Waals surface area contributed by atoms with Gasteiger partial charge in [0.25, 0.3) is 0 Å². The van der Waals surface area contributed by atoms with E-state index in [2.05, 4.69) is 27.6 Å². The first kappa shape index (κ1) is 16.8. The summed E-state index contributed by atoms with van der Waals surface area (Å²) >= 11 is 0. The van der Waals surface area contributed by atoms with Crippen LogP contribution in [0.1, 0.15) is 31.6 Å². The number of hydrogen-bond acceptors (Lipinski definition) is 4. The third-order valence-corrected chi connectivity index (χ3v) is 4.67. The number of nitrogens with zero attached hydrogens (tertiary/aromatic N) is 3. The number of hydrogen-bond donors (Lipinski definition) is 0. The fourth-order valence-electron chi connectivity index (χ4n) is 3.38. The van der Waals surface area contributed by atoms with E-state index < -0.39 is 0 Å². The Hall–Kier alpha value is -2.01. The molecule has 2 aromatic rings. The zero-order valence-corrected chi connectivity index (χ0v) is 14.6. The number of aryl methyl sites for hydroxylation is 1. The predicted octanol–water partition coefficient (Wildman–Crippen LogP) is 3.17. The van der Waals surface area contributed by atoms with Crippen LogP contribution in [0.4, 0.5) is 0 Å². The average molecular weight is 329 g/mol. The lowest BCUT2D eigenvalue weighted by molar-refractivity contribution is 0.148. The Kier molecular flexibility index (Phi) is 5.75. The normalized spacial score (nSPS) is 18.5. The summed E-state index contributed by atoms with van der Waals surface area (Å²) in [5.41, 5.74) is 0. The molecule has 3 rings (SSSR count). The smallest absolute Gasteiger partial charge is 0.119 e. The Bertz CT molecular complexity index is 624. The molecule has 0 spiro atoms. The monoisotopic (exact) mass is 329 g/mol. The Morgan fingerprint density at radius 1 is 1.21 bits per heavy atom. The molecule has 0 saturated carbocycles. The molecule has 1 aromatic heterocycles. The van der Waals surface area contributed by atoms with Crippen molar-refractivity contribution >= 4 is 0 Å². The number of aromatic nitrogens is 2. The van der Waals surface area contributed by atoms with Gasteiger partial charge in [-0.2, -0.15) is 0 Å². The molecule has 130 valence electrons. The Morgan fingerprint density at radius 2 is 2.00 bits per heavy atom. The summed E-state index contributed by atoms with van der Waals surface area (Å²) in [6.07, 6.45) is 7.50. The van der Waals surface area contributed by atoms with Gasteiger partial charge in [-0.3, -0.25) is 4.90 Å². The van der Waals surface area contributed by atoms with E-state index in [1.807, 2.05) is 30.5 Å². The van der Waals surface area contributed by atoms with Crippen LogP contribution in [-0.4, -0.2) is 47.8 Å². The highest BCUT2D eigenvalue weighted by Gasteiger charge is 2.22. The van der Waals surface area contributed by atoms with E-state index in [1.165, 1.54) is 18.7 Å². The van der Waals surface area contributed by atoms with Crippen molar-refractivity contribution in [1.82, 2.24) is 14.5 Å². The highest BCUT2D eigenvalue weighted by atomic mass is 16.5. The van der Waals surface area contributed by atoms with Crippen LogP contribution in [-0.2, 0) is 6.42 Å². The minimum atomic E-state index is 0.539. The van der Waals surface area contributed by atoms with Gasteiger partial charge in [0.05, 0.1) is 7.11 Å². The maximum absolute atomic E-state index is 5.86. The van der Waals surface area contributed by atoms with Crippen LogP contribution >= 0.6 is 0 Å². The van der Waals surface area contributed by atoms with Crippen molar-refractivity contribution in [2.75, 3.05) is 33.4 Å². The Balaban J connectivity index is 1.48. The van der Waals surface area contributed by atoms with Crippen LogP contribution in [0.5, 0.6) is 11.5 Å². The van der Waals surface area contributed by atoms with Gasteiger partial charge in [-0.05, 0) is 43.7 Å². The summed E-state index contributed by atoms with van der Waals surface area (Å²) in [7, 11) is 1.67. The van der Waals surface area contributed by atoms with Gasteiger partial charge in [-0.15, -0.1) is 0 Å². The summed E-state index contributed by atoms with van der Waals surface area (Å²) < 4.78 is 13.4. The molecule has 0 bridgehead atoms. The van der Waals surface area contributed by atoms with Gasteiger partial charge in [0.15, 0.2) is 0 Å². The summed E-state index contributed by atoms with van der Waals surface area (Å²) in [6, 6.07) is 8.31. The lowest BCUT2D eigenvalue weighted by Crippen LogP contribution is -2.39. The maximum atomic E-state index is 5.86. The second-order valence-corrected chi connectivity index (χ2v) is 6.22.